The van der Waals surface area contributed by atoms with E-state index in [9.17, 15) is 4.79 Å². The van der Waals surface area contributed by atoms with Crippen molar-refractivity contribution in [2.45, 2.75) is 51.7 Å². The molecule has 4 nitrogen and oxygen atoms in total. The molecule has 1 amide bonds. The molecule has 1 aliphatic heterocycles. The summed E-state index contributed by atoms with van der Waals surface area (Å²) in [6.07, 6.45) is 1.96. The van der Waals surface area contributed by atoms with Crippen LogP contribution in [0, 0.1) is 5.41 Å². The third-order valence-corrected chi connectivity index (χ3v) is 5.26. The third kappa shape index (κ3) is 2.77. The van der Waals surface area contributed by atoms with Crippen LogP contribution in [0.3, 0.4) is 0 Å². The van der Waals surface area contributed by atoms with E-state index >= 15 is 0 Å². The number of fused-ring (bicyclic) bond motifs is 1. The Hall–Kier alpha value is -1.39. The summed E-state index contributed by atoms with van der Waals surface area (Å²) in [4.78, 5) is 11.9. The number of hydrogen-bond donors (Lipinski definition) is 2. The minimum absolute atomic E-state index is 0.116. The van der Waals surface area contributed by atoms with E-state index in [0.717, 1.165) is 25.3 Å². The predicted octanol–water partition coefficient (Wildman–Crippen LogP) is 2.91. The largest absolute Gasteiger partial charge is 0.378 e. The smallest absolute Gasteiger partial charge is 0.225 e. The molecule has 0 saturated heterocycles. The van der Waals surface area contributed by atoms with Crippen LogP contribution in [0.1, 0.15) is 45.1 Å². The van der Waals surface area contributed by atoms with Gasteiger partial charge in [-0.25, -0.2) is 0 Å². The Balaban J connectivity index is 1.62. The molecule has 0 bridgehead atoms. The lowest BCUT2D eigenvalue weighted by Crippen LogP contribution is -2.61. The van der Waals surface area contributed by atoms with Crippen molar-refractivity contribution in [1.29, 1.82) is 0 Å². The van der Waals surface area contributed by atoms with Crippen LogP contribution in [-0.2, 0) is 9.53 Å². The standard InChI is InChI=1S/C18H26N2O2/c1-4-22-16-10-15(18(16,2)3)19-11-12-9-17(21)20-14-8-6-5-7-13(12)14/h5-8,12,15-16,19H,4,9-11H2,1-3H3,(H,20,21). The van der Waals surface area contributed by atoms with Gasteiger partial charge in [0, 0.05) is 42.6 Å². The summed E-state index contributed by atoms with van der Waals surface area (Å²) in [6, 6.07) is 8.58. The maximum Gasteiger partial charge on any atom is 0.225 e. The minimum Gasteiger partial charge on any atom is -0.378 e. The average Bonchev–Trinajstić information content (AvgIpc) is 2.49. The SMILES string of the molecule is CCOC1CC(NCC2CC(=O)Nc3ccccc32)C1(C)C. The van der Waals surface area contributed by atoms with Gasteiger partial charge in [-0.15, -0.1) is 0 Å². The number of ether oxygens (including phenoxy) is 1. The zero-order valence-electron chi connectivity index (χ0n) is 13.7. The van der Waals surface area contributed by atoms with Gasteiger partial charge in [0.25, 0.3) is 0 Å². The first-order chi connectivity index (χ1) is 10.5. The number of amides is 1. The van der Waals surface area contributed by atoms with Crippen LogP contribution in [-0.4, -0.2) is 31.2 Å². The van der Waals surface area contributed by atoms with Gasteiger partial charge in [-0.1, -0.05) is 32.0 Å². The van der Waals surface area contributed by atoms with E-state index in [0.29, 0.717) is 18.6 Å². The quantitative estimate of drug-likeness (QED) is 0.879. The van der Waals surface area contributed by atoms with E-state index in [2.05, 4.69) is 37.5 Å². The van der Waals surface area contributed by atoms with Gasteiger partial charge in [-0.3, -0.25) is 4.79 Å². The molecule has 0 spiro atoms. The van der Waals surface area contributed by atoms with Gasteiger partial charge >= 0.3 is 0 Å². The van der Waals surface area contributed by atoms with Gasteiger partial charge in [-0.2, -0.15) is 0 Å². The van der Waals surface area contributed by atoms with Gasteiger partial charge in [0.15, 0.2) is 0 Å². The lowest BCUT2D eigenvalue weighted by Gasteiger charge is -2.52. The number of benzene rings is 1. The first-order valence-corrected chi connectivity index (χ1v) is 8.26. The van der Waals surface area contributed by atoms with Crippen LogP contribution in [0.15, 0.2) is 24.3 Å². The van der Waals surface area contributed by atoms with Crippen molar-refractivity contribution in [2.24, 2.45) is 5.41 Å². The molecule has 0 aromatic heterocycles. The van der Waals surface area contributed by atoms with Crippen molar-refractivity contribution in [1.82, 2.24) is 5.32 Å². The van der Waals surface area contributed by atoms with Crippen LogP contribution in [0.2, 0.25) is 0 Å². The fraction of sp³-hybridized carbons (Fsp3) is 0.611. The Morgan fingerprint density at radius 2 is 2.14 bits per heavy atom. The average molecular weight is 302 g/mol. The Labute approximate surface area is 132 Å². The van der Waals surface area contributed by atoms with Crippen LogP contribution in [0.4, 0.5) is 5.69 Å². The molecule has 4 heteroatoms. The zero-order valence-corrected chi connectivity index (χ0v) is 13.7. The molecule has 3 unspecified atom stereocenters. The molecule has 1 aromatic carbocycles. The molecule has 0 radical (unpaired) electrons. The van der Waals surface area contributed by atoms with Gasteiger partial charge in [-0.05, 0) is 25.0 Å². The lowest BCUT2D eigenvalue weighted by atomic mass is 9.64. The fourth-order valence-corrected chi connectivity index (χ4v) is 3.68. The second-order valence-electron chi connectivity index (χ2n) is 7.00. The predicted molar refractivity (Wildman–Crippen MR) is 88.0 cm³/mol. The second kappa shape index (κ2) is 6.01. The summed E-state index contributed by atoms with van der Waals surface area (Å²) in [6.45, 7) is 8.19. The zero-order chi connectivity index (χ0) is 15.7. The molecule has 1 aliphatic carbocycles. The van der Waals surface area contributed by atoms with Crippen molar-refractivity contribution >= 4 is 11.6 Å². The molecular formula is C18H26N2O2. The van der Waals surface area contributed by atoms with Crippen LogP contribution >= 0.6 is 0 Å². The van der Waals surface area contributed by atoms with Gasteiger partial charge in [0.2, 0.25) is 5.91 Å². The summed E-state index contributed by atoms with van der Waals surface area (Å²) in [5, 5.41) is 6.63. The molecule has 120 valence electrons. The number of para-hydroxylation sites is 1. The van der Waals surface area contributed by atoms with Crippen LogP contribution in [0.25, 0.3) is 0 Å². The fourth-order valence-electron chi connectivity index (χ4n) is 3.68. The number of hydrogen-bond acceptors (Lipinski definition) is 3. The molecule has 3 rings (SSSR count). The van der Waals surface area contributed by atoms with Crippen molar-refractivity contribution < 1.29 is 9.53 Å². The van der Waals surface area contributed by atoms with Crippen LogP contribution in [0.5, 0.6) is 0 Å². The molecule has 1 heterocycles. The lowest BCUT2D eigenvalue weighted by molar-refractivity contribution is -0.118. The summed E-state index contributed by atoms with van der Waals surface area (Å²) in [5.41, 5.74) is 2.37. The van der Waals surface area contributed by atoms with Crippen molar-refractivity contribution in [3.8, 4) is 0 Å². The first kappa shape index (κ1) is 15.5. The highest BCUT2D eigenvalue weighted by atomic mass is 16.5. The first-order valence-electron chi connectivity index (χ1n) is 8.26. The maximum atomic E-state index is 11.9. The normalized spacial score (nSPS) is 29.4. The number of rotatable bonds is 5. The number of carbonyl (C=O) groups excluding carboxylic acids is 1. The Morgan fingerprint density at radius 1 is 1.36 bits per heavy atom. The van der Waals surface area contributed by atoms with Crippen LogP contribution < -0.4 is 10.6 Å². The van der Waals surface area contributed by atoms with E-state index < -0.39 is 0 Å². The highest BCUT2D eigenvalue weighted by molar-refractivity contribution is 5.94. The molecule has 3 atom stereocenters. The van der Waals surface area contributed by atoms with Gasteiger partial charge in [0.1, 0.15) is 0 Å². The second-order valence-corrected chi connectivity index (χ2v) is 7.00. The highest BCUT2D eigenvalue weighted by Gasteiger charge is 2.48. The van der Waals surface area contributed by atoms with E-state index in [1.165, 1.54) is 5.56 Å². The van der Waals surface area contributed by atoms with Crippen molar-refractivity contribution in [3.05, 3.63) is 29.8 Å². The Bertz CT molecular complexity index is 556. The minimum atomic E-state index is 0.116. The van der Waals surface area contributed by atoms with E-state index in [1.807, 2.05) is 18.2 Å². The highest BCUT2D eigenvalue weighted by Crippen LogP contribution is 2.43. The number of anilines is 1. The van der Waals surface area contributed by atoms with E-state index in [-0.39, 0.29) is 17.2 Å². The number of carbonyl (C=O) groups is 1. The molecule has 1 saturated carbocycles. The third-order valence-electron chi connectivity index (χ3n) is 5.26. The number of nitrogens with one attached hydrogen (secondary N) is 2. The van der Waals surface area contributed by atoms with Gasteiger partial charge < -0.3 is 15.4 Å². The topological polar surface area (TPSA) is 50.4 Å². The van der Waals surface area contributed by atoms with E-state index in [1.54, 1.807) is 0 Å². The molecule has 22 heavy (non-hydrogen) atoms. The molecule has 2 aliphatic rings. The Kier molecular flexibility index (Phi) is 4.24. The summed E-state index contributed by atoms with van der Waals surface area (Å²) < 4.78 is 5.78. The Morgan fingerprint density at radius 3 is 2.86 bits per heavy atom. The molecular weight excluding hydrogens is 276 g/mol. The van der Waals surface area contributed by atoms with Crippen molar-refractivity contribution in [3.63, 3.8) is 0 Å². The molecule has 1 fully saturated rings. The van der Waals surface area contributed by atoms with Gasteiger partial charge in [0.05, 0.1) is 6.10 Å². The monoisotopic (exact) mass is 302 g/mol. The van der Waals surface area contributed by atoms with Crippen molar-refractivity contribution in [2.75, 3.05) is 18.5 Å². The summed E-state index contributed by atoms with van der Waals surface area (Å²) in [5.74, 6) is 0.373. The summed E-state index contributed by atoms with van der Waals surface area (Å²) in [7, 11) is 0. The maximum absolute atomic E-state index is 11.9. The summed E-state index contributed by atoms with van der Waals surface area (Å²) >= 11 is 0. The molecule has 1 aromatic rings. The molecule has 2 N–H and O–H groups in total. The van der Waals surface area contributed by atoms with E-state index in [4.69, 9.17) is 4.74 Å².